The summed E-state index contributed by atoms with van der Waals surface area (Å²) in [5.41, 5.74) is 9.15. The van der Waals surface area contributed by atoms with Crippen molar-refractivity contribution in [1.82, 2.24) is 19.9 Å². The average Bonchev–Trinajstić information content (AvgIpc) is 2.63. The van der Waals surface area contributed by atoms with E-state index in [1.54, 1.807) is 0 Å². The number of hydrogen-bond donors (Lipinski definition) is 1. The number of hydrogen-bond acceptors (Lipinski definition) is 7. The predicted molar refractivity (Wildman–Crippen MR) is 91.5 cm³/mol. The Hall–Kier alpha value is -2.25. The first-order valence-corrected chi connectivity index (χ1v) is 8.38. The lowest BCUT2D eigenvalue weighted by Crippen LogP contribution is -2.36. The molecule has 0 unspecified atom stereocenters. The topological polar surface area (TPSA) is 80.4 Å². The largest absolute Gasteiger partial charge is 0.378 e. The molecule has 0 bridgehead atoms. The molecule has 24 heavy (non-hydrogen) atoms. The lowest BCUT2D eigenvalue weighted by molar-refractivity contribution is 0.122. The maximum atomic E-state index is 5.66. The smallest absolute Gasteiger partial charge is 0.220 e. The number of nitrogen functional groups attached to an aromatic ring is 1. The average molecular weight is 326 g/mol. The van der Waals surface area contributed by atoms with E-state index in [0.717, 1.165) is 63.9 Å². The first-order chi connectivity index (χ1) is 11.8. The van der Waals surface area contributed by atoms with Crippen LogP contribution in [0.1, 0.15) is 16.8 Å². The molecule has 2 aromatic rings. The molecule has 0 spiro atoms. The van der Waals surface area contributed by atoms with Crippen LogP contribution in [0.4, 0.5) is 11.8 Å². The minimum absolute atomic E-state index is 0.366. The summed E-state index contributed by atoms with van der Waals surface area (Å²) in [6.45, 7) is 6.12. The first kappa shape index (κ1) is 15.3. The normalized spacial score (nSPS) is 18.4. The summed E-state index contributed by atoms with van der Waals surface area (Å²) in [6.07, 6.45) is 4.75. The van der Waals surface area contributed by atoms with Crippen LogP contribution in [0, 0.1) is 0 Å². The van der Waals surface area contributed by atoms with Crippen molar-refractivity contribution in [3.05, 3.63) is 41.3 Å². The Balaban J connectivity index is 1.40. The highest BCUT2D eigenvalue weighted by Gasteiger charge is 2.18. The Morgan fingerprint density at radius 2 is 1.96 bits per heavy atom. The molecule has 1 fully saturated rings. The summed E-state index contributed by atoms with van der Waals surface area (Å²) >= 11 is 0. The third-order valence-electron chi connectivity index (χ3n) is 4.58. The van der Waals surface area contributed by atoms with Crippen LogP contribution in [0.3, 0.4) is 0 Å². The van der Waals surface area contributed by atoms with E-state index >= 15 is 0 Å². The molecule has 0 radical (unpaired) electrons. The molecule has 0 aliphatic carbocycles. The first-order valence-electron chi connectivity index (χ1n) is 8.38. The van der Waals surface area contributed by atoms with Crippen molar-refractivity contribution in [3.8, 4) is 0 Å². The number of aromatic nitrogens is 3. The number of nitrogens with zero attached hydrogens (tertiary/aromatic N) is 5. The van der Waals surface area contributed by atoms with Gasteiger partial charge in [-0.2, -0.15) is 0 Å². The molecule has 2 aromatic heterocycles. The fourth-order valence-corrected chi connectivity index (χ4v) is 3.27. The summed E-state index contributed by atoms with van der Waals surface area (Å²) in [7, 11) is 0. The predicted octanol–water partition coefficient (Wildman–Crippen LogP) is 0.849. The number of ether oxygens (including phenoxy) is 1. The third kappa shape index (κ3) is 3.32. The van der Waals surface area contributed by atoms with Gasteiger partial charge in [-0.15, -0.1) is 0 Å². The maximum Gasteiger partial charge on any atom is 0.220 e. The van der Waals surface area contributed by atoms with Crippen molar-refractivity contribution in [2.24, 2.45) is 0 Å². The molecule has 0 aromatic carbocycles. The number of pyridine rings is 1. The monoisotopic (exact) mass is 326 g/mol. The summed E-state index contributed by atoms with van der Waals surface area (Å²) in [5, 5.41) is 0. The van der Waals surface area contributed by atoms with E-state index in [1.807, 2.05) is 12.4 Å². The Labute approximate surface area is 141 Å². The molecular weight excluding hydrogens is 304 g/mol. The van der Waals surface area contributed by atoms with Gasteiger partial charge in [0.15, 0.2) is 0 Å². The highest BCUT2D eigenvalue weighted by molar-refractivity contribution is 5.39. The molecule has 2 aliphatic rings. The zero-order chi connectivity index (χ0) is 16.4. The molecule has 126 valence electrons. The van der Waals surface area contributed by atoms with Crippen LogP contribution in [0.15, 0.2) is 24.5 Å². The Kier molecular flexibility index (Phi) is 4.27. The van der Waals surface area contributed by atoms with Gasteiger partial charge >= 0.3 is 0 Å². The van der Waals surface area contributed by atoms with Gasteiger partial charge in [0.1, 0.15) is 5.82 Å². The second kappa shape index (κ2) is 6.70. The van der Waals surface area contributed by atoms with Crippen molar-refractivity contribution >= 4 is 11.8 Å². The Bertz CT molecular complexity index is 699. The standard InChI is InChI=1S/C17H22N6O/c18-17-20-10-14-12-22(4-3-15(14)21-17)11-13-1-2-16(19-9-13)23-5-7-24-8-6-23/h1-2,9-10H,3-8,11-12H2,(H2,18,20,21). The van der Waals surface area contributed by atoms with Gasteiger partial charge in [-0.3, -0.25) is 4.90 Å². The Morgan fingerprint density at radius 3 is 2.75 bits per heavy atom. The third-order valence-corrected chi connectivity index (χ3v) is 4.58. The van der Waals surface area contributed by atoms with Gasteiger partial charge in [-0.05, 0) is 11.6 Å². The van der Waals surface area contributed by atoms with E-state index in [2.05, 4.69) is 36.9 Å². The Morgan fingerprint density at radius 1 is 1.08 bits per heavy atom. The highest BCUT2D eigenvalue weighted by Crippen LogP contribution is 2.20. The molecule has 4 heterocycles. The lowest BCUT2D eigenvalue weighted by atomic mass is 10.1. The molecule has 0 atom stereocenters. The maximum absolute atomic E-state index is 5.66. The second-order valence-corrected chi connectivity index (χ2v) is 6.28. The van der Waals surface area contributed by atoms with Crippen LogP contribution in [0.5, 0.6) is 0 Å². The van der Waals surface area contributed by atoms with Crippen LogP contribution in [-0.2, 0) is 24.2 Å². The van der Waals surface area contributed by atoms with Crippen molar-refractivity contribution in [1.29, 1.82) is 0 Å². The van der Waals surface area contributed by atoms with E-state index in [-0.39, 0.29) is 0 Å². The van der Waals surface area contributed by atoms with Crippen LogP contribution < -0.4 is 10.6 Å². The molecule has 0 saturated carbocycles. The van der Waals surface area contributed by atoms with E-state index in [0.29, 0.717) is 5.95 Å². The zero-order valence-corrected chi connectivity index (χ0v) is 13.7. The lowest BCUT2D eigenvalue weighted by Gasteiger charge is -2.29. The number of fused-ring (bicyclic) bond motifs is 1. The minimum Gasteiger partial charge on any atom is -0.378 e. The molecular formula is C17H22N6O. The zero-order valence-electron chi connectivity index (χ0n) is 13.7. The minimum atomic E-state index is 0.366. The van der Waals surface area contributed by atoms with Crippen molar-refractivity contribution in [2.75, 3.05) is 43.5 Å². The van der Waals surface area contributed by atoms with Gasteiger partial charge in [0, 0.05) is 57.1 Å². The molecule has 7 nitrogen and oxygen atoms in total. The van der Waals surface area contributed by atoms with E-state index in [9.17, 15) is 0 Å². The molecule has 7 heteroatoms. The summed E-state index contributed by atoms with van der Waals surface area (Å²) in [4.78, 5) is 17.7. The van der Waals surface area contributed by atoms with Gasteiger partial charge in [-0.25, -0.2) is 15.0 Å². The van der Waals surface area contributed by atoms with E-state index in [1.165, 1.54) is 11.1 Å². The van der Waals surface area contributed by atoms with Crippen molar-refractivity contribution in [3.63, 3.8) is 0 Å². The van der Waals surface area contributed by atoms with Gasteiger partial charge in [0.25, 0.3) is 0 Å². The van der Waals surface area contributed by atoms with Gasteiger partial charge in [0.05, 0.1) is 18.9 Å². The van der Waals surface area contributed by atoms with Crippen LogP contribution in [0.2, 0.25) is 0 Å². The van der Waals surface area contributed by atoms with Crippen LogP contribution >= 0.6 is 0 Å². The number of anilines is 2. The fourth-order valence-electron chi connectivity index (χ4n) is 3.27. The molecule has 4 rings (SSSR count). The molecule has 1 saturated heterocycles. The molecule has 0 amide bonds. The number of rotatable bonds is 3. The SMILES string of the molecule is Nc1ncc2c(n1)CCN(Cc1ccc(N3CCOCC3)nc1)C2. The van der Waals surface area contributed by atoms with E-state index < -0.39 is 0 Å². The van der Waals surface area contributed by atoms with Gasteiger partial charge in [0.2, 0.25) is 5.95 Å². The highest BCUT2D eigenvalue weighted by atomic mass is 16.5. The second-order valence-electron chi connectivity index (χ2n) is 6.28. The summed E-state index contributed by atoms with van der Waals surface area (Å²) in [5.74, 6) is 1.40. The van der Waals surface area contributed by atoms with Crippen molar-refractivity contribution < 1.29 is 4.74 Å². The summed E-state index contributed by atoms with van der Waals surface area (Å²) < 4.78 is 5.39. The quantitative estimate of drug-likeness (QED) is 0.895. The van der Waals surface area contributed by atoms with Crippen molar-refractivity contribution in [2.45, 2.75) is 19.5 Å². The number of morpholine rings is 1. The summed E-state index contributed by atoms with van der Waals surface area (Å²) in [6, 6.07) is 4.29. The van der Waals surface area contributed by atoms with Crippen LogP contribution in [0.25, 0.3) is 0 Å². The van der Waals surface area contributed by atoms with Crippen LogP contribution in [-0.4, -0.2) is 52.7 Å². The molecule has 2 N–H and O–H groups in total. The van der Waals surface area contributed by atoms with Gasteiger partial charge in [-0.1, -0.05) is 6.07 Å². The number of nitrogens with two attached hydrogens (primary N) is 1. The fraction of sp³-hybridized carbons (Fsp3) is 0.471. The molecule has 2 aliphatic heterocycles. The van der Waals surface area contributed by atoms with E-state index in [4.69, 9.17) is 10.5 Å². The van der Waals surface area contributed by atoms with Gasteiger partial charge < -0.3 is 15.4 Å².